The number of halogens is 3. The zero-order valence-corrected chi connectivity index (χ0v) is 25.1. The molecule has 0 radical (unpaired) electrons. The Hall–Kier alpha value is -4.32. The van der Waals surface area contributed by atoms with Crippen LogP contribution in [0.3, 0.4) is 0 Å². The third-order valence-electron chi connectivity index (χ3n) is 7.44. The van der Waals surface area contributed by atoms with Crippen LogP contribution in [-0.2, 0) is 11.0 Å². The SMILES string of the molecule is COc1ccc(-n2c(SCCCC(=O)N3CCN(C(=O)c4cccc(C(F)(F)F)c4)C(C)C3)nnc2-c2ccccc2)cc1. The van der Waals surface area contributed by atoms with E-state index in [1.165, 1.54) is 28.8 Å². The molecule has 0 N–H and O–H groups in total. The minimum Gasteiger partial charge on any atom is -0.497 e. The predicted octanol–water partition coefficient (Wildman–Crippen LogP) is 6.21. The fourth-order valence-corrected chi connectivity index (χ4v) is 6.02. The zero-order valence-electron chi connectivity index (χ0n) is 24.3. The number of piperazine rings is 1. The molecule has 1 unspecified atom stereocenters. The topological polar surface area (TPSA) is 80.6 Å². The van der Waals surface area contributed by atoms with Gasteiger partial charge in [-0.2, -0.15) is 13.2 Å². The van der Waals surface area contributed by atoms with E-state index in [1.807, 2.05) is 59.2 Å². The van der Waals surface area contributed by atoms with Crippen molar-refractivity contribution in [2.45, 2.75) is 37.1 Å². The van der Waals surface area contributed by atoms with Crippen molar-refractivity contribution in [1.82, 2.24) is 24.6 Å². The number of rotatable bonds is 9. The number of amides is 2. The van der Waals surface area contributed by atoms with Gasteiger partial charge in [0.15, 0.2) is 11.0 Å². The van der Waals surface area contributed by atoms with Crippen molar-refractivity contribution < 1.29 is 27.5 Å². The number of carbonyl (C=O) groups excluding carboxylic acids is 2. The molecule has 1 atom stereocenters. The summed E-state index contributed by atoms with van der Waals surface area (Å²) in [5, 5.41) is 9.61. The van der Waals surface area contributed by atoms with Crippen molar-refractivity contribution in [1.29, 1.82) is 0 Å². The molecule has 2 amide bonds. The van der Waals surface area contributed by atoms with Crippen LogP contribution in [-0.4, -0.2) is 74.9 Å². The van der Waals surface area contributed by atoms with Crippen LogP contribution >= 0.6 is 11.8 Å². The van der Waals surface area contributed by atoms with Gasteiger partial charge in [-0.3, -0.25) is 14.2 Å². The van der Waals surface area contributed by atoms with Crippen molar-refractivity contribution in [3.63, 3.8) is 0 Å². The van der Waals surface area contributed by atoms with Crippen molar-refractivity contribution >= 4 is 23.6 Å². The molecular weight excluding hydrogens is 591 g/mol. The van der Waals surface area contributed by atoms with Gasteiger partial charge < -0.3 is 14.5 Å². The Kier molecular flexibility index (Phi) is 9.58. The standard InChI is InChI=1S/C32H32F3N5O3S/c1-22-21-38(17-18-39(22)30(42)24-10-6-11-25(20-24)32(33,34)35)28(41)12-7-19-44-31-37-36-29(23-8-4-3-5-9-23)40(31)26-13-15-27(43-2)16-14-26/h3-6,8-11,13-16,20,22H,7,12,17-19,21H2,1-2H3. The largest absolute Gasteiger partial charge is 0.497 e. The minimum absolute atomic E-state index is 0.0126. The second-order valence-corrected chi connectivity index (χ2v) is 11.5. The first kappa shape index (κ1) is 31.1. The van der Waals surface area contributed by atoms with E-state index in [9.17, 15) is 22.8 Å². The minimum atomic E-state index is -4.53. The number of nitrogens with zero attached hydrogens (tertiary/aromatic N) is 5. The van der Waals surface area contributed by atoms with Crippen LogP contribution in [0, 0.1) is 0 Å². The molecule has 4 aromatic rings. The molecule has 0 spiro atoms. The van der Waals surface area contributed by atoms with Gasteiger partial charge in [-0.25, -0.2) is 0 Å². The van der Waals surface area contributed by atoms with Crippen molar-refractivity contribution in [3.8, 4) is 22.8 Å². The van der Waals surface area contributed by atoms with Crippen molar-refractivity contribution in [2.75, 3.05) is 32.5 Å². The van der Waals surface area contributed by atoms with E-state index in [1.54, 1.807) is 18.9 Å². The number of aromatic nitrogens is 3. The van der Waals surface area contributed by atoms with Gasteiger partial charge in [0.1, 0.15) is 5.75 Å². The lowest BCUT2D eigenvalue weighted by Crippen LogP contribution is -2.55. The molecule has 1 saturated heterocycles. The summed E-state index contributed by atoms with van der Waals surface area (Å²) in [6.45, 7) is 2.71. The Morgan fingerprint density at radius 1 is 0.977 bits per heavy atom. The lowest BCUT2D eigenvalue weighted by Gasteiger charge is -2.40. The lowest BCUT2D eigenvalue weighted by atomic mass is 10.1. The average molecular weight is 624 g/mol. The number of alkyl halides is 3. The van der Waals surface area contributed by atoms with Crippen LogP contribution in [0.2, 0.25) is 0 Å². The molecule has 44 heavy (non-hydrogen) atoms. The third-order valence-corrected chi connectivity index (χ3v) is 8.46. The van der Waals surface area contributed by atoms with Crippen LogP contribution in [0.4, 0.5) is 13.2 Å². The molecule has 5 rings (SSSR count). The molecule has 12 heteroatoms. The normalized spacial score (nSPS) is 15.3. The lowest BCUT2D eigenvalue weighted by molar-refractivity contribution is -0.137. The highest BCUT2D eigenvalue weighted by Crippen LogP contribution is 2.31. The molecule has 1 aromatic heterocycles. The van der Waals surface area contributed by atoms with Gasteiger partial charge in [0.2, 0.25) is 5.91 Å². The van der Waals surface area contributed by atoms with Gasteiger partial charge in [-0.15, -0.1) is 10.2 Å². The van der Waals surface area contributed by atoms with Gasteiger partial charge in [0.05, 0.1) is 12.7 Å². The summed E-state index contributed by atoms with van der Waals surface area (Å²) in [6.07, 6.45) is -3.60. The maximum Gasteiger partial charge on any atom is 0.416 e. The highest BCUT2D eigenvalue weighted by molar-refractivity contribution is 7.99. The summed E-state index contributed by atoms with van der Waals surface area (Å²) in [5.41, 5.74) is 0.944. The molecule has 0 saturated carbocycles. The molecule has 1 aliphatic heterocycles. The first-order valence-electron chi connectivity index (χ1n) is 14.2. The van der Waals surface area contributed by atoms with Gasteiger partial charge in [0, 0.05) is 54.7 Å². The first-order valence-corrected chi connectivity index (χ1v) is 15.2. The van der Waals surface area contributed by atoms with Gasteiger partial charge in [-0.1, -0.05) is 48.2 Å². The Bertz CT molecular complexity index is 1590. The number of hydrogen-bond donors (Lipinski definition) is 0. The fourth-order valence-electron chi connectivity index (χ4n) is 5.13. The highest BCUT2D eigenvalue weighted by Gasteiger charge is 2.33. The van der Waals surface area contributed by atoms with Crippen LogP contribution in [0.5, 0.6) is 5.75 Å². The smallest absolute Gasteiger partial charge is 0.416 e. The molecule has 3 aromatic carbocycles. The van der Waals surface area contributed by atoms with Gasteiger partial charge in [-0.05, 0) is 55.8 Å². The van der Waals surface area contributed by atoms with Crippen molar-refractivity contribution in [2.24, 2.45) is 0 Å². The third kappa shape index (κ3) is 7.07. The molecule has 1 fully saturated rings. The number of methoxy groups -OCH3 is 1. The maximum absolute atomic E-state index is 13.1. The van der Waals surface area contributed by atoms with Crippen molar-refractivity contribution in [3.05, 3.63) is 90.0 Å². The molecule has 230 valence electrons. The van der Waals surface area contributed by atoms with Crippen LogP contribution in [0.1, 0.15) is 35.7 Å². The Labute approximate surface area is 257 Å². The number of hydrogen-bond acceptors (Lipinski definition) is 6. The van der Waals surface area contributed by atoms with E-state index in [0.717, 1.165) is 29.1 Å². The molecule has 2 heterocycles. The molecule has 0 aliphatic carbocycles. The van der Waals surface area contributed by atoms with Crippen LogP contribution in [0.15, 0.2) is 84.0 Å². The summed E-state index contributed by atoms with van der Waals surface area (Å²) in [7, 11) is 1.62. The van der Waals surface area contributed by atoms with E-state index < -0.39 is 17.6 Å². The first-order chi connectivity index (χ1) is 21.2. The fraction of sp³-hybridized carbons (Fsp3) is 0.312. The molecule has 0 bridgehead atoms. The Balaban J connectivity index is 1.17. The number of thioether (sulfide) groups is 1. The second kappa shape index (κ2) is 13.5. The summed E-state index contributed by atoms with van der Waals surface area (Å²) in [6, 6.07) is 21.6. The zero-order chi connectivity index (χ0) is 31.3. The molecule has 1 aliphatic rings. The Morgan fingerprint density at radius 3 is 2.41 bits per heavy atom. The summed E-state index contributed by atoms with van der Waals surface area (Å²) >= 11 is 1.52. The van der Waals surface area contributed by atoms with Crippen LogP contribution in [0.25, 0.3) is 17.1 Å². The van der Waals surface area contributed by atoms with Gasteiger partial charge in [0.25, 0.3) is 5.91 Å². The quantitative estimate of drug-likeness (QED) is 0.163. The second-order valence-electron chi connectivity index (χ2n) is 10.4. The maximum atomic E-state index is 13.1. The predicted molar refractivity (Wildman–Crippen MR) is 162 cm³/mol. The van der Waals surface area contributed by atoms with E-state index in [4.69, 9.17) is 4.74 Å². The van der Waals surface area contributed by atoms with E-state index in [2.05, 4.69) is 10.2 Å². The Morgan fingerprint density at radius 2 is 1.73 bits per heavy atom. The van der Waals surface area contributed by atoms with E-state index in [0.29, 0.717) is 42.7 Å². The number of carbonyl (C=O) groups is 2. The summed E-state index contributed by atoms with van der Waals surface area (Å²) in [4.78, 5) is 29.3. The summed E-state index contributed by atoms with van der Waals surface area (Å²) in [5.74, 6) is 1.60. The van der Waals surface area contributed by atoms with Gasteiger partial charge >= 0.3 is 6.18 Å². The van der Waals surface area contributed by atoms with E-state index in [-0.39, 0.29) is 24.1 Å². The monoisotopic (exact) mass is 623 g/mol. The number of benzene rings is 3. The molecule has 8 nitrogen and oxygen atoms in total. The number of ether oxygens (including phenoxy) is 1. The van der Waals surface area contributed by atoms with Crippen LogP contribution < -0.4 is 4.74 Å². The average Bonchev–Trinajstić information content (AvgIpc) is 3.46. The summed E-state index contributed by atoms with van der Waals surface area (Å²) < 4.78 is 46.7. The molecular formula is C32H32F3N5O3S. The van der Waals surface area contributed by atoms with E-state index >= 15 is 0 Å². The highest BCUT2D eigenvalue weighted by atomic mass is 32.2.